The third-order valence-corrected chi connectivity index (χ3v) is 2.43. The summed E-state index contributed by atoms with van der Waals surface area (Å²) in [6.45, 7) is 7.85. The summed E-state index contributed by atoms with van der Waals surface area (Å²) in [6, 6.07) is 5.42. The van der Waals surface area contributed by atoms with Crippen LogP contribution < -0.4 is 11.1 Å². The quantitative estimate of drug-likeness (QED) is 0.599. The van der Waals surface area contributed by atoms with Crippen molar-refractivity contribution < 1.29 is 9.53 Å². The molecule has 0 aliphatic rings. The van der Waals surface area contributed by atoms with Gasteiger partial charge in [0.25, 0.3) is 5.91 Å². The largest absolute Gasteiger partial charge is 0.398 e. The molecule has 0 saturated carbocycles. The molecule has 3 N–H and O–H groups in total. The van der Waals surface area contributed by atoms with E-state index >= 15 is 0 Å². The van der Waals surface area contributed by atoms with E-state index in [-0.39, 0.29) is 5.91 Å². The number of carbonyl (C=O) groups is 1. The lowest BCUT2D eigenvalue weighted by molar-refractivity contribution is 0.0887. The van der Waals surface area contributed by atoms with Crippen molar-refractivity contribution >= 4 is 11.6 Å². The summed E-state index contributed by atoms with van der Waals surface area (Å²) in [7, 11) is 0. The Morgan fingerprint density at radius 1 is 1.44 bits per heavy atom. The molecule has 4 nitrogen and oxygen atoms in total. The summed E-state index contributed by atoms with van der Waals surface area (Å²) in [5, 5.41) is 2.79. The highest BCUT2D eigenvalue weighted by molar-refractivity contribution is 5.99. The third-order valence-electron chi connectivity index (χ3n) is 2.43. The number of hydrogen-bond donors (Lipinski definition) is 2. The summed E-state index contributed by atoms with van der Waals surface area (Å²) in [5.41, 5.74) is 7.87. The van der Waals surface area contributed by atoms with Gasteiger partial charge in [-0.2, -0.15) is 0 Å². The van der Waals surface area contributed by atoms with Crippen LogP contribution in [-0.4, -0.2) is 25.7 Å². The molecule has 0 aliphatic heterocycles. The zero-order chi connectivity index (χ0) is 13.5. The van der Waals surface area contributed by atoms with E-state index in [1.54, 1.807) is 12.1 Å². The van der Waals surface area contributed by atoms with Crippen molar-refractivity contribution in [2.75, 3.05) is 25.5 Å². The Labute approximate surface area is 109 Å². The lowest BCUT2D eigenvalue weighted by Crippen LogP contribution is -2.28. The molecule has 18 heavy (non-hydrogen) atoms. The first-order valence-electron chi connectivity index (χ1n) is 6.22. The fraction of sp³-hybridized carbons (Fsp3) is 0.500. The highest BCUT2D eigenvalue weighted by Crippen LogP contribution is 2.13. The first-order valence-corrected chi connectivity index (χ1v) is 6.22. The number of nitrogen functional groups attached to an aromatic ring is 1. The maximum atomic E-state index is 11.8. The van der Waals surface area contributed by atoms with Crippen LogP contribution in [0.5, 0.6) is 0 Å². The number of ether oxygens (including phenoxy) is 1. The van der Waals surface area contributed by atoms with Crippen molar-refractivity contribution in [3.63, 3.8) is 0 Å². The molecule has 0 unspecified atom stereocenters. The number of nitrogens with two attached hydrogens (primary N) is 1. The second-order valence-electron chi connectivity index (χ2n) is 4.82. The first-order chi connectivity index (χ1) is 8.50. The number of aryl methyl sites for hydroxylation is 1. The van der Waals surface area contributed by atoms with Crippen LogP contribution in [0, 0.1) is 12.8 Å². The van der Waals surface area contributed by atoms with E-state index < -0.39 is 0 Å². The molecule has 0 bridgehead atoms. The number of amides is 1. The van der Waals surface area contributed by atoms with Gasteiger partial charge in [-0.25, -0.2) is 0 Å². The van der Waals surface area contributed by atoms with Crippen LogP contribution >= 0.6 is 0 Å². The van der Waals surface area contributed by atoms with E-state index in [2.05, 4.69) is 19.2 Å². The van der Waals surface area contributed by atoms with Crippen LogP contribution in [0.2, 0.25) is 0 Å². The van der Waals surface area contributed by atoms with E-state index in [9.17, 15) is 4.79 Å². The zero-order valence-corrected chi connectivity index (χ0v) is 11.3. The smallest absolute Gasteiger partial charge is 0.253 e. The highest BCUT2D eigenvalue weighted by Gasteiger charge is 2.08. The molecule has 100 valence electrons. The molecule has 1 rings (SSSR count). The van der Waals surface area contributed by atoms with Gasteiger partial charge in [-0.05, 0) is 30.5 Å². The average molecular weight is 250 g/mol. The molecule has 0 saturated heterocycles. The average Bonchev–Trinajstić information content (AvgIpc) is 2.27. The summed E-state index contributed by atoms with van der Waals surface area (Å²) in [6.07, 6.45) is 0. The minimum atomic E-state index is -0.152. The van der Waals surface area contributed by atoms with E-state index in [4.69, 9.17) is 10.5 Å². The van der Waals surface area contributed by atoms with Gasteiger partial charge in [0.15, 0.2) is 0 Å². The fourth-order valence-electron chi connectivity index (χ4n) is 1.54. The molecule has 1 aromatic carbocycles. The molecule has 0 atom stereocenters. The van der Waals surface area contributed by atoms with Crippen molar-refractivity contribution in [3.05, 3.63) is 29.3 Å². The number of hydrogen-bond acceptors (Lipinski definition) is 3. The molecule has 4 heteroatoms. The SMILES string of the molecule is Cc1ccc(C(=O)NCCOCC(C)C)c(N)c1. The zero-order valence-electron chi connectivity index (χ0n) is 11.3. The van der Waals surface area contributed by atoms with E-state index in [0.29, 0.717) is 36.9 Å². The van der Waals surface area contributed by atoms with Crippen molar-refractivity contribution in [1.82, 2.24) is 5.32 Å². The predicted molar refractivity (Wildman–Crippen MR) is 73.6 cm³/mol. The number of anilines is 1. The molecule has 0 aliphatic carbocycles. The van der Waals surface area contributed by atoms with Crippen LogP contribution in [0.4, 0.5) is 5.69 Å². The van der Waals surface area contributed by atoms with Gasteiger partial charge in [0, 0.05) is 18.8 Å². The first kappa shape index (κ1) is 14.5. The van der Waals surface area contributed by atoms with Crippen molar-refractivity contribution in [2.45, 2.75) is 20.8 Å². The van der Waals surface area contributed by atoms with Gasteiger partial charge in [0.05, 0.1) is 12.2 Å². The maximum Gasteiger partial charge on any atom is 0.253 e. The normalized spacial score (nSPS) is 10.7. The van der Waals surface area contributed by atoms with Crippen LogP contribution in [0.3, 0.4) is 0 Å². The minimum Gasteiger partial charge on any atom is -0.398 e. The van der Waals surface area contributed by atoms with Crippen molar-refractivity contribution in [3.8, 4) is 0 Å². The molecule has 1 amide bonds. The minimum absolute atomic E-state index is 0.152. The van der Waals surface area contributed by atoms with Gasteiger partial charge < -0.3 is 15.8 Å². The van der Waals surface area contributed by atoms with E-state index in [0.717, 1.165) is 5.56 Å². The van der Waals surface area contributed by atoms with Crippen molar-refractivity contribution in [1.29, 1.82) is 0 Å². The highest BCUT2D eigenvalue weighted by atomic mass is 16.5. The summed E-state index contributed by atoms with van der Waals surface area (Å²) >= 11 is 0. The molecular formula is C14H22N2O2. The molecule has 0 radical (unpaired) electrons. The van der Waals surface area contributed by atoms with Gasteiger partial charge in [0.1, 0.15) is 0 Å². The maximum absolute atomic E-state index is 11.8. The number of benzene rings is 1. The Kier molecular flexibility index (Phi) is 5.65. The molecular weight excluding hydrogens is 228 g/mol. The number of carbonyl (C=O) groups excluding carboxylic acids is 1. The van der Waals surface area contributed by atoms with E-state index in [1.165, 1.54) is 0 Å². The summed E-state index contributed by atoms with van der Waals surface area (Å²) in [5.74, 6) is 0.356. The van der Waals surface area contributed by atoms with E-state index in [1.807, 2.05) is 13.0 Å². The van der Waals surface area contributed by atoms with Crippen LogP contribution in [0.1, 0.15) is 29.8 Å². The second-order valence-corrected chi connectivity index (χ2v) is 4.82. The van der Waals surface area contributed by atoms with Gasteiger partial charge in [-0.3, -0.25) is 4.79 Å². The topological polar surface area (TPSA) is 64.3 Å². The van der Waals surface area contributed by atoms with Gasteiger partial charge in [-0.15, -0.1) is 0 Å². The van der Waals surface area contributed by atoms with Gasteiger partial charge in [-0.1, -0.05) is 19.9 Å². The number of rotatable bonds is 6. The van der Waals surface area contributed by atoms with Crippen LogP contribution in [0.15, 0.2) is 18.2 Å². The summed E-state index contributed by atoms with van der Waals surface area (Å²) < 4.78 is 5.38. The Morgan fingerprint density at radius 3 is 2.78 bits per heavy atom. The predicted octanol–water partition coefficient (Wildman–Crippen LogP) is 1.98. The molecule has 0 heterocycles. The monoisotopic (exact) mass is 250 g/mol. The molecule has 0 aromatic heterocycles. The summed E-state index contributed by atoms with van der Waals surface area (Å²) in [4.78, 5) is 11.8. The van der Waals surface area contributed by atoms with Gasteiger partial charge >= 0.3 is 0 Å². The van der Waals surface area contributed by atoms with Gasteiger partial charge in [0.2, 0.25) is 0 Å². The lowest BCUT2D eigenvalue weighted by atomic mass is 10.1. The molecule has 0 spiro atoms. The Morgan fingerprint density at radius 2 is 2.17 bits per heavy atom. The Bertz CT molecular complexity index is 403. The van der Waals surface area contributed by atoms with Crippen molar-refractivity contribution in [2.24, 2.45) is 5.92 Å². The van der Waals surface area contributed by atoms with Crippen LogP contribution in [0.25, 0.3) is 0 Å². The standard InChI is InChI=1S/C14H22N2O2/c1-10(2)9-18-7-6-16-14(17)12-5-4-11(3)8-13(12)15/h4-5,8,10H,6-7,9,15H2,1-3H3,(H,16,17). The number of nitrogens with one attached hydrogen (secondary N) is 1. The second kappa shape index (κ2) is 7.01. The molecule has 0 fully saturated rings. The molecule has 1 aromatic rings. The Hall–Kier alpha value is -1.55. The van der Waals surface area contributed by atoms with Crippen LogP contribution in [-0.2, 0) is 4.74 Å². The third kappa shape index (κ3) is 4.75. The fourth-order valence-corrected chi connectivity index (χ4v) is 1.54. The Balaban J connectivity index is 2.36. The lowest BCUT2D eigenvalue weighted by Gasteiger charge is -2.09.